The molecular formula is C18H20FN2O3+. The van der Waals surface area contributed by atoms with Crippen molar-refractivity contribution in [2.75, 3.05) is 26.0 Å². The van der Waals surface area contributed by atoms with Gasteiger partial charge in [-0.15, -0.1) is 0 Å². The summed E-state index contributed by atoms with van der Waals surface area (Å²) < 4.78 is 17.6. The van der Waals surface area contributed by atoms with Gasteiger partial charge in [0.1, 0.15) is 12.4 Å². The summed E-state index contributed by atoms with van der Waals surface area (Å²) in [7, 11) is 3.16. The van der Waals surface area contributed by atoms with Gasteiger partial charge in [-0.2, -0.15) is 0 Å². The summed E-state index contributed by atoms with van der Waals surface area (Å²) in [5, 5.41) is 2.73. The summed E-state index contributed by atoms with van der Waals surface area (Å²) in [5.41, 5.74) is 1.67. The molecule has 6 heteroatoms. The number of amides is 1. The van der Waals surface area contributed by atoms with Crippen molar-refractivity contribution in [1.82, 2.24) is 0 Å². The minimum absolute atomic E-state index is 0.215. The van der Waals surface area contributed by atoms with Gasteiger partial charge in [-0.3, -0.25) is 4.79 Å². The van der Waals surface area contributed by atoms with Crippen LogP contribution in [0.1, 0.15) is 15.9 Å². The van der Waals surface area contributed by atoms with Gasteiger partial charge in [-0.05, 0) is 24.3 Å². The van der Waals surface area contributed by atoms with Crippen LogP contribution in [0, 0.1) is 5.82 Å². The number of carbonyl (C=O) groups excluding carboxylic acids is 2. The Morgan fingerprint density at radius 3 is 2.46 bits per heavy atom. The van der Waals surface area contributed by atoms with Gasteiger partial charge in [0.25, 0.3) is 5.91 Å². The highest BCUT2D eigenvalue weighted by Gasteiger charge is 2.15. The molecule has 24 heavy (non-hydrogen) atoms. The number of halogens is 1. The van der Waals surface area contributed by atoms with Gasteiger partial charge in [-0.25, -0.2) is 9.18 Å². The molecule has 0 aliphatic heterocycles. The quantitative estimate of drug-likeness (QED) is 0.784. The Bertz CT molecular complexity index is 716. The van der Waals surface area contributed by atoms with E-state index in [2.05, 4.69) is 5.32 Å². The Kier molecular flexibility index (Phi) is 6.03. The zero-order chi connectivity index (χ0) is 17.5. The third-order valence-electron chi connectivity index (χ3n) is 3.49. The number of para-hydroxylation sites is 1. The minimum Gasteiger partial charge on any atom is -0.465 e. The summed E-state index contributed by atoms with van der Waals surface area (Å²) in [6.45, 7) is 0.805. The number of ether oxygens (including phenoxy) is 1. The van der Waals surface area contributed by atoms with E-state index in [9.17, 15) is 14.0 Å². The molecule has 0 fully saturated rings. The van der Waals surface area contributed by atoms with E-state index in [1.54, 1.807) is 36.4 Å². The fourth-order valence-corrected chi connectivity index (χ4v) is 2.36. The first kappa shape index (κ1) is 17.6. The second kappa shape index (κ2) is 8.21. The number of hydrogen-bond donors (Lipinski definition) is 2. The standard InChI is InChI=1S/C18H19FN2O3/c1-21(11-13-7-9-14(19)10-8-13)12-17(22)20-16-6-4-3-5-15(16)18(23)24-2/h3-10H,11-12H2,1-2H3,(H,20,22)/p+1. The molecule has 0 radical (unpaired) electrons. The maximum atomic E-state index is 12.9. The van der Waals surface area contributed by atoms with E-state index in [0.717, 1.165) is 10.5 Å². The molecule has 2 N–H and O–H groups in total. The van der Waals surface area contributed by atoms with Crippen molar-refractivity contribution in [3.63, 3.8) is 0 Å². The van der Waals surface area contributed by atoms with Gasteiger partial charge in [0.15, 0.2) is 6.54 Å². The topological polar surface area (TPSA) is 59.8 Å². The van der Waals surface area contributed by atoms with Gasteiger partial charge >= 0.3 is 5.97 Å². The molecule has 5 nitrogen and oxygen atoms in total. The van der Waals surface area contributed by atoms with Crippen LogP contribution >= 0.6 is 0 Å². The average molecular weight is 331 g/mol. The molecule has 0 aliphatic rings. The largest absolute Gasteiger partial charge is 0.465 e. The minimum atomic E-state index is -0.502. The number of esters is 1. The van der Waals surface area contributed by atoms with Crippen LogP contribution in [0.4, 0.5) is 10.1 Å². The van der Waals surface area contributed by atoms with Crippen LogP contribution in [0.3, 0.4) is 0 Å². The van der Waals surface area contributed by atoms with Crippen LogP contribution in [0.5, 0.6) is 0 Å². The van der Waals surface area contributed by atoms with E-state index in [0.29, 0.717) is 17.8 Å². The highest BCUT2D eigenvalue weighted by molar-refractivity contribution is 6.01. The first-order valence-corrected chi connectivity index (χ1v) is 7.52. The van der Waals surface area contributed by atoms with E-state index in [-0.39, 0.29) is 18.3 Å². The number of methoxy groups -OCH3 is 1. The Balaban J connectivity index is 1.95. The van der Waals surface area contributed by atoms with Crippen molar-refractivity contribution in [2.24, 2.45) is 0 Å². The summed E-state index contributed by atoms with van der Waals surface area (Å²) >= 11 is 0. The van der Waals surface area contributed by atoms with Crippen LogP contribution in [0.25, 0.3) is 0 Å². The number of nitrogens with one attached hydrogen (secondary N) is 2. The lowest BCUT2D eigenvalue weighted by Gasteiger charge is -2.15. The van der Waals surface area contributed by atoms with E-state index in [1.165, 1.54) is 19.2 Å². The summed E-state index contributed by atoms with van der Waals surface area (Å²) in [6, 6.07) is 12.9. The van der Waals surface area contributed by atoms with Crippen molar-refractivity contribution in [3.05, 3.63) is 65.5 Å². The molecule has 0 saturated heterocycles. The van der Waals surface area contributed by atoms with E-state index < -0.39 is 5.97 Å². The first-order chi connectivity index (χ1) is 11.5. The second-order valence-corrected chi connectivity index (χ2v) is 5.52. The molecule has 0 heterocycles. The van der Waals surface area contributed by atoms with Crippen molar-refractivity contribution >= 4 is 17.6 Å². The fraction of sp³-hybridized carbons (Fsp3) is 0.222. The monoisotopic (exact) mass is 331 g/mol. The molecule has 1 atom stereocenters. The number of benzene rings is 2. The SMILES string of the molecule is COC(=O)c1ccccc1NC(=O)C[NH+](C)Cc1ccc(F)cc1. The molecule has 2 aromatic carbocycles. The third kappa shape index (κ3) is 4.89. The molecule has 0 aliphatic carbocycles. The summed E-state index contributed by atoms with van der Waals surface area (Å²) in [6.07, 6.45) is 0. The lowest BCUT2D eigenvalue weighted by Crippen LogP contribution is -3.08. The van der Waals surface area contributed by atoms with Crippen LogP contribution in [0.15, 0.2) is 48.5 Å². The lowest BCUT2D eigenvalue weighted by molar-refractivity contribution is -0.885. The number of anilines is 1. The Morgan fingerprint density at radius 1 is 1.12 bits per heavy atom. The van der Waals surface area contributed by atoms with Gasteiger partial charge in [-0.1, -0.05) is 24.3 Å². The van der Waals surface area contributed by atoms with Crippen LogP contribution in [0.2, 0.25) is 0 Å². The predicted octanol–water partition coefficient (Wildman–Crippen LogP) is 1.27. The Labute approximate surface area is 140 Å². The van der Waals surface area contributed by atoms with E-state index in [4.69, 9.17) is 4.74 Å². The second-order valence-electron chi connectivity index (χ2n) is 5.52. The molecular weight excluding hydrogens is 311 g/mol. The van der Waals surface area contributed by atoms with Gasteiger partial charge in [0.05, 0.1) is 25.4 Å². The lowest BCUT2D eigenvalue weighted by atomic mass is 10.2. The molecule has 0 spiro atoms. The van der Waals surface area contributed by atoms with Gasteiger partial charge in [0.2, 0.25) is 0 Å². The van der Waals surface area contributed by atoms with Crippen molar-refractivity contribution in [1.29, 1.82) is 0 Å². The number of hydrogen-bond acceptors (Lipinski definition) is 3. The average Bonchev–Trinajstić information content (AvgIpc) is 2.56. The molecule has 0 saturated carbocycles. The summed E-state index contributed by atoms with van der Waals surface area (Å²) in [5.74, 6) is -1.00. The maximum Gasteiger partial charge on any atom is 0.339 e. The molecule has 2 aromatic rings. The summed E-state index contributed by atoms with van der Waals surface area (Å²) in [4.78, 5) is 24.8. The zero-order valence-corrected chi connectivity index (χ0v) is 13.6. The predicted molar refractivity (Wildman–Crippen MR) is 88.3 cm³/mol. The van der Waals surface area contributed by atoms with Gasteiger partial charge < -0.3 is 15.0 Å². The molecule has 126 valence electrons. The molecule has 0 aromatic heterocycles. The Hall–Kier alpha value is -2.73. The number of quaternary nitrogens is 1. The highest BCUT2D eigenvalue weighted by atomic mass is 19.1. The van der Waals surface area contributed by atoms with Crippen molar-refractivity contribution in [2.45, 2.75) is 6.54 Å². The molecule has 1 unspecified atom stereocenters. The maximum absolute atomic E-state index is 12.9. The fourth-order valence-electron chi connectivity index (χ4n) is 2.36. The first-order valence-electron chi connectivity index (χ1n) is 7.52. The highest BCUT2D eigenvalue weighted by Crippen LogP contribution is 2.15. The number of likely N-dealkylation sites (N-methyl/N-ethyl adjacent to an activating group) is 1. The third-order valence-corrected chi connectivity index (χ3v) is 3.49. The van der Waals surface area contributed by atoms with Crippen molar-refractivity contribution < 1.29 is 23.6 Å². The Morgan fingerprint density at radius 2 is 1.79 bits per heavy atom. The molecule has 1 amide bonds. The normalized spacial score (nSPS) is 11.6. The molecule has 2 rings (SSSR count). The molecule has 0 bridgehead atoms. The van der Waals surface area contributed by atoms with Gasteiger partial charge in [0, 0.05) is 5.56 Å². The van der Waals surface area contributed by atoms with Crippen LogP contribution < -0.4 is 10.2 Å². The van der Waals surface area contributed by atoms with Crippen molar-refractivity contribution in [3.8, 4) is 0 Å². The zero-order valence-electron chi connectivity index (χ0n) is 13.6. The number of rotatable bonds is 6. The van der Waals surface area contributed by atoms with Crippen LogP contribution in [-0.2, 0) is 16.1 Å². The smallest absolute Gasteiger partial charge is 0.339 e. The number of carbonyl (C=O) groups is 2. The van der Waals surface area contributed by atoms with Crippen LogP contribution in [-0.4, -0.2) is 32.6 Å². The van der Waals surface area contributed by atoms with E-state index >= 15 is 0 Å². The van der Waals surface area contributed by atoms with E-state index in [1.807, 2.05) is 7.05 Å².